The molecule has 2 bridgehead atoms. The molecular weight excluding hydrogens is 330 g/mol. The summed E-state index contributed by atoms with van der Waals surface area (Å²) in [6.07, 6.45) is 6.86. The van der Waals surface area contributed by atoms with Gasteiger partial charge >= 0.3 is 0 Å². The lowest BCUT2D eigenvalue weighted by Crippen LogP contribution is -2.44. The van der Waals surface area contributed by atoms with Crippen molar-refractivity contribution in [3.63, 3.8) is 0 Å². The van der Waals surface area contributed by atoms with E-state index in [9.17, 15) is 4.79 Å². The first kappa shape index (κ1) is 16.1. The molecule has 3 fully saturated rings. The van der Waals surface area contributed by atoms with Gasteiger partial charge in [-0.25, -0.2) is 4.98 Å². The summed E-state index contributed by atoms with van der Waals surface area (Å²) in [6.45, 7) is 3.99. The van der Waals surface area contributed by atoms with E-state index < -0.39 is 0 Å². The second kappa shape index (κ2) is 6.25. The zero-order chi connectivity index (χ0) is 17.7. The van der Waals surface area contributed by atoms with Crippen molar-refractivity contribution >= 4 is 22.6 Å². The largest absolute Gasteiger partial charge is 0.460 e. The molecule has 7 nitrogen and oxygen atoms in total. The third-order valence-corrected chi connectivity index (χ3v) is 6.13. The van der Waals surface area contributed by atoms with Gasteiger partial charge in [0.2, 0.25) is 0 Å². The van der Waals surface area contributed by atoms with E-state index in [0.29, 0.717) is 17.8 Å². The van der Waals surface area contributed by atoms with Crippen LogP contribution in [0.25, 0.3) is 11.0 Å². The summed E-state index contributed by atoms with van der Waals surface area (Å²) in [5.41, 5.74) is 2.26. The van der Waals surface area contributed by atoms with Gasteiger partial charge in [-0.3, -0.25) is 4.79 Å². The van der Waals surface area contributed by atoms with Crippen LogP contribution in [0.1, 0.15) is 29.8 Å². The second-order valence-electron chi connectivity index (χ2n) is 7.84. The van der Waals surface area contributed by atoms with Gasteiger partial charge in [0.15, 0.2) is 5.58 Å². The van der Waals surface area contributed by atoms with E-state index in [0.717, 1.165) is 55.7 Å². The predicted molar refractivity (Wildman–Crippen MR) is 99.5 cm³/mol. The lowest BCUT2D eigenvalue weighted by Gasteiger charge is -2.33. The van der Waals surface area contributed by atoms with E-state index in [1.54, 1.807) is 12.5 Å². The van der Waals surface area contributed by atoms with Crippen molar-refractivity contribution in [2.24, 2.45) is 0 Å². The Morgan fingerprint density at radius 2 is 2.15 bits per heavy atom. The quantitative estimate of drug-likeness (QED) is 0.862. The van der Waals surface area contributed by atoms with E-state index in [1.165, 1.54) is 6.42 Å². The van der Waals surface area contributed by atoms with Crippen molar-refractivity contribution in [1.29, 1.82) is 0 Å². The van der Waals surface area contributed by atoms with Crippen LogP contribution in [0, 0.1) is 0 Å². The van der Waals surface area contributed by atoms with Crippen LogP contribution in [-0.2, 0) is 0 Å². The van der Waals surface area contributed by atoms with E-state index in [4.69, 9.17) is 4.42 Å². The van der Waals surface area contributed by atoms with Gasteiger partial charge in [-0.15, -0.1) is 0 Å². The number of piperazine rings is 1. The lowest BCUT2D eigenvalue weighted by atomic mass is 9.95. The average Bonchev–Trinajstić information content (AvgIpc) is 3.37. The van der Waals surface area contributed by atoms with E-state index >= 15 is 0 Å². The Morgan fingerprint density at radius 3 is 2.88 bits per heavy atom. The number of likely N-dealkylation sites (N-methyl/N-ethyl adjacent to an activating group) is 1. The van der Waals surface area contributed by atoms with Crippen LogP contribution in [0.15, 0.2) is 22.9 Å². The molecular formula is C19H25N5O2. The van der Waals surface area contributed by atoms with E-state index in [-0.39, 0.29) is 11.9 Å². The highest BCUT2D eigenvalue weighted by molar-refractivity contribution is 5.99. The van der Waals surface area contributed by atoms with Gasteiger partial charge in [-0.05, 0) is 32.4 Å². The Hall–Kier alpha value is -2.12. The standard InChI is InChI=1S/C19H25N5O2/c1-23-4-6-24(7-5-23)17-11-26-18-10-20-16(9-13(17)18)19(25)22-15-8-12-2-3-14(15)21-12/h9-12,14-15,21H,2-8H2,1H3,(H,22,25)/t12-,14+,15-/m1/s1. The molecule has 26 heavy (non-hydrogen) atoms. The van der Waals surface area contributed by atoms with Gasteiger partial charge in [-0.1, -0.05) is 0 Å². The van der Waals surface area contributed by atoms with Crippen LogP contribution in [0.4, 0.5) is 5.69 Å². The number of hydrogen-bond acceptors (Lipinski definition) is 6. The number of aromatic nitrogens is 1. The van der Waals surface area contributed by atoms with Crippen molar-refractivity contribution in [2.75, 3.05) is 38.1 Å². The Kier molecular flexibility index (Phi) is 3.86. The summed E-state index contributed by atoms with van der Waals surface area (Å²) < 4.78 is 5.68. The maximum absolute atomic E-state index is 12.7. The Labute approximate surface area is 152 Å². The molecule has 5 heterocycles. The number of nitrogens with zero attached hydrogens (tertiary/aromatic N) is 3. The number of carbonyl (C=O) groups excluding carboxylic acids is 1. The molecule has 5 rings (SSSR count). The van der Waals surface area contributed by atoms with Crippen LogP contribution in [-0.4, -0.2) is 67.1 Å². The monoisotopic (exact) mass is 355 g/mol. The van der Waals surface area contributed by atoms with Crippen molar-refractivity contribution in [3.8, 4) is 0 Å². The highest BCUT2D eigenvalue weighted by Gasteiger charge is 2.39. The van der Waals surface area contributed by atoms with Gasteiger partial charge in [-0.2, -0.15) is 0 Å². The number of hydrogen-bond donors (Lipinski definition) is 2. The lowest BCUT2D eigenvalue weighted by molar-refractivity contribution is 0.0926. The minimum Gasteiger partial charge on any atom is -0.460 e. The van der Waals surface area contributed by atoms with E-state index in [2.05, 4.69) is 32.5 Å². The Morgan fingerprint density at radius 1 is 1.31 bits per heavy atom. The molecule has 2 N–H and O–H groups in total. The van der Waals surface area contributed by atoms with Crippen LogP contribution in [0.3, 0.4) is 0 Å². The van der Waals surface area contributed by atoms with Crippen molar-refractivity contribution in [1.82, 2.24) is 20.5 Å². The number of pyridine rings is 1. The Balaban J connectivity index is 1.37. The summed E-state index contributed by atoms with van der Waals surface area (Å²) in [5.74, 6) is -0.0863. The number of furan rings is 1. The molecule has 3 aliphatic rings. The average molecular weight is 355 g/mol. The highest BCUT2D eigenvalue weighted by atomic mass is 16.3. The number of carbonyl (C=O) groups is 1. The van der Waals surface area contributed by atoms with Crippen LogP contribution < -0.4 is 15.5 Å². The third-order valence-electron chi connectivity index (χ3n) is 6.13. The maximum atomic E-state index is 12.7. The van der Waals surface area contributed by atoms with Crippen molar-refractivity contribution < 1.29 is 9.21 Å². The highest BCUT2D eigenvalue weighted by Crippen LogP contribution is 2.31. The van der Waals surface area contributed by atoms with Gasteiger partial charge in [0, 0.05) is 49.7 Å². The topological polar surface area (TPSA) is 73.6 Å². The molecule has 0 spiro atoms. The first-order valence-electron chi connectivity index (χ1n) is 9.55. The molecule has 3 aliphatic heterocycles. The molecule has 0 aromatic carbocycles. The molecule has 0 aliphatic carbocycles. The minimum atomic E-state index is -0.0863. The first-order valence-corrected chi connectivity index (χ1v) is 9.55. The number of nitrogens with one attached hydrogen (secondary N) is 2. The summed E-state index contributed by atoms with van der Waals surface area (Å²) in [4.78, 5) is 21.7. The van der Waals surface area contributed by atoms with Crippen LogP contribution in [0.2, 0.25) is 0 Å². The van der Waals surface area contributed by atoms with Crippen molar-refractivity contribution in [2.45, 2.75) is 37.4 Å². The molecule has 0 radical (unpaired) electrons. The fourth-order valence-corrected chi connectivity index (χ4v) is 4.56. The van der Waals surface area contributed by atoms with Crippen LogP contribution >= 0.6 is 0 Å². The van der Waals surface area contributed by atoms with Gasteiger partial charge < -0.3 is 24.9 Å². The number of rotatable bonds is 3. The van der Waals surface area contributed by atoms with E-state index in [1.807, 2.05) is 6.07 Å². The fraction of sp³-hybridized carbons (Fsp3) is 0.579. The van der Waals surface area contributed by atoms with Gasteiger partial charge in [0.25, 0.3) is 5.91 Å². The molecule has 0 unspecified atom stereocenters. The predicted octanol–water partition coefficient (Wildman–Crippen LogP) is 1.20. The smallest absolute Gasteiger partial charge is 0.270 e. The molecule has 1 amide bonds. The van der Waals surface area contributed by atoms with Crippen LogP contribution in [0.5, 0.6) is 0 Å². The van der Waals surface area contributed by atoms with Gasteiger partial charge in [0.1, 0.15) is 12.0 Å². The zero-order valence-corrected chi connectivity index (χ0v) is 15.1. The fourth-order valence-electron chi connectivity index (χ4n) is 4.56. The molecule has 2 aromatic heterocycles. The normalized spacial score (nSPS) is 28.8. The van der Waals surface area contributed by atoms with Gasteiger partial charge in [0.05, 0.1) is 11.9 Å². The SMILES string of the molecule is CN1CCN(c2coc3cnc(C(=O)N[C@@H]4C[C@H]5CC[C@@H]4N5)cc23)CC1. The first-order chi connectivity index (χ1) is 12.7. The molecule has 3 atom stereocenters. The molecule has 3 saturated heterocycles. The van der Waals surface area contributed by atoms with Crippen molar-refractivity contribution in [3.05, 3.63) is 24.2 Å². The third kappa shape index (κ3) is 2.75. The minimum absolute atomic E-state index is 0.0863. The number of amides is 1. The number of fused-ring (bicyclic) bond motifs is 3. The second-order valence-corrected chi connectivity index (χ2v) is 7.84. The molecule has 7 heteroatoms. The molecule has 138 valence electrons. The Bertz CT molecular complexity index is 826. The molecule has 2 aromatic rings. The zero-order valence-electron chi connectivity index (χ0n) is 15.1. The molecule has 0 saturated carbocycles. The maximum Gasteiger partial charge on any atom is 0.270 e. The number of anilines is 1. The summed E-state index contributed by atoms with van der Waals surface area (Å²) in [5, 5.41) is 7.70. The summed E-state index contributed by atoms with van der Waals surface area (Å²) in [7, 11) is 2.14. The summed E-state index contributed by atoms with van der Waals surface area (Å²) >= 11 is 0. The summed E-state index contributed by atoms with van der Waals surface area (Å²) in [6, 6.07) is 3.09.